The number of carbonyl (C=O) groups is 1. The highest BCUT2D eigenvalue weighted by Gasteiger charge is 2.02. The average molecular weight is 180 g/mol. The van der Waals surface area contributed by atoms with Gasteiger partial charge in [0.15, 0.2) is 0 Å². The van der Waals surface area contributed by atoms with Crippen LogP contribution >= 0.6 is 0 Å². The zero-order valence-electron chi connectivity index (χ0n) is 7.19. The SMILES string of the molecule is NCCONC(=O)c1ccccc1. The maximum atomic E-state index is 11.2. The van der Waals surface area contributed by atoms with Crippen molar-refractivity contribution in [1.82, 2.24) is 5.48 Å². The maximum Gasteiger partial charge on any atom is 0.274 e. The molecule has 0 unspecified atom stereocenters. The second-order valence-electron chi connectivity index (χ2n) is 2.43. The highest BCUT2D eigenvalue weighted by Crippen LogP contribution is 1.97. The van der Waals surface area contributed by atoms with Gasteiger partial charge in [-0.15, -0.1) is 0 Å². The molecular weight excluding hydrogens is 168 g/mol. The van der Waals surface area contributed by atoms with Gasteiger partial charge >= 0.3 is 0 Å². The monoisotopic (exact) mass is 180 g/mol. The third-order valence-electron chi connectivity index (χ3n) is 1.42. The molecule has 1 aromatic rings. The van der Waals surface area contributed by atoms with Crippen LogP contribution in [0.2, 0.25) is 0 Å². The minimum absolute atomic E-state index is 0.256. The minimum atomic E-state index is -0.256. The topological polar surface area (TPSA) is 64.3 Å². The highest BCUT2D eigenvalue weighted by molar-refractivity contribution is 5.93. The van der Waals surface area contributed by atoms with Gasteiger partial charge in [-0.05, 0) is 12.1 Å². The van der Waals surface area contributed by atoms with Crippen LogP contribution in [-0.2, 0) is 4.84 Å². The van der Waals surface area contributed by atoms with Gasteiger partial charge in [0, 0.05) is 12.1 Å². The van der Waals surface area contributed by atoms with Crippen LogP contribution in [-0.4, -0.2) is 19.1 Å². The molecule has 0 heterocycles. The number of hydrogen-bond donors (Lipinski definition) is 2. The Morgan fingerprint density at radius 3 is 2.69 bits per heavy atom. The van der Waals surface area contributed by atoms with Crippen molar-refractivity contribution in [3.8, 4) is 0 Å². The summed E-state index contributed by atoms with van der Waals surface area (Å²) < 4.78 is 0. The summed E-state index contributed by atoms with van der Waals surface area (Å²) in [7, 11) is 0. The summed E-state index contributed by atoms with van der Waals surface area (Å²) in [5, 5.41) is 0. The standard InChI is InChI=1S/C9H12N2O2/c10-6-7-13-11-9(12)8-4-2-1-3-5-8/h1-5H,6-7,10H2,(H,11,12). The van der Waals surface area contributed by atoms with Gasteiger partial charge in [0.1, 0.15) is 0 Å². The van der Waals surface area contributed by atoms with Crippen LogP contribution in [0.15, 0.2) is 30.3 Å². The molecule has 1 rings (SSSR count). The number of benzene rings is 1. The molecule has 4 nitrogen and oxygen atoms in total. The first kappa shape index (κ1) is 9.70. The third-order valence-corrected chi connectivity index (χ3v) is 1.42. The number of hydroxylamine groups is 1. The average Bonchev–Trinajstić information content (AvgIpc) is 2.19. The molecule has 0 saturated carbocycles. The van der Waals surface area contributed by atoms with Crippen molar-refractivity contribution in [3.05, 3.63) is 35.9 Å². The fourth-order valence-corrected chi connectivity index (χ4v) is 0.824. The summed E-state index contributed by atoms with van der Waals surface area (Å²) in [5.41, 5.74) is 8.03. The fourth-order valence-electron chi connectivity index (χ4n) is 0.824. The predicted octanol–water partition coefficient (Wildman–Crippen LogP) is 0.307. The van der Waals surface area contributed by atoms with E-state index in [0.717, 1.165) is 0 Å². The largest absolute Gasteiger partial charge is 0.328 e. The molecule has 1 aromatic carbocycles. The molecule has 4 heteroatoms. The Hall–Kier alpha value is -1.39. The summed E-state index contributed by atoms with van der Waals surface area (Å²) in [5.74, 6) is -0.256. The van der Waals surface area contributed by atoms with E-state index in [2.05, 4.69) is 5.48 Å². The van der Waals surface area contributed by atoms with Crippen LogP contribution in [0.3, 0.4) is 0 Å². The quantitative estimate of drug-likeness (QED) is 0.517. The molecule has 0 fully saturated rings. The van der Waals surface area contributed by atoms with Gasteiger partial charge in [-0.25, -0.2) is 5.48 Å². The van der Waals surface area contributed by atoms with E-state index < -0.39 is 0 Å². The second-order valence-corrected chi connectivity index (χ2v) is 2.43. The number of hydrogen-bond acceptors (Lipinski definition) is 3. The molecule has 0 aliphatic rings. The van der Waals surface area contributed by atoms with Gasteiger partial charge in [-0.3, -0.25) is 9.63 Å². The Morgan fingerprint density at radius 2 is 2.08 bits per heavy atom. The van der Waals surface area contributed by atoms with Crippen molar-refractivity contribution in [3.63, 3.8) is 0 Å². The summed E-state index contributed by atoms with van der Waals surface area (Å²) in [4.78, 5) is 16.0. The predicted molar refractivity (Wildman–Crippen MR) is 48.9 cm³/mol. The summed E-state index contributed by atoms with van der Waals surface area (Å²) in [6.45, 7) is 0.702. The molecule has 0 radical (unpaired) electrons. The van der Waals surface area contributed by atoms with Crippen LogP contribution < -0.4 is 11.2 Å². The van der Waals surface area contributed by atoms with E-state index in [4.69, 9.17) is 10.6 Å². The number of carbonyl (C=O) groups excluding carboxylic acids is 1. The molecule has 0 aromatic heterocycles. The molecule has 0 aliphatic carbocycles. The van der Waals surface area contributed by atoms with Gasteiger partial charge in [0.05, 0.1) is 6.61 Å². The molecule has 0 aliphatic heterocycles. The zero-order valence-corrected chi connectivity index (χ0v) is 7.19. The molecule has 13 heavy (non-hydrogen) atoms. The lowest BCUT2D eigenvalue weighted by atomic mass is 10.2. The third kappa shape index (κ3) is 3.23. The Labute approximate surface area is 76.6 Å². The van der Waals surface area contributed by atoms with Crippen LogP contribution in [0.25, 0.3) is 0 Å². The highest BCUT2D eigenvalue weighted by atomic mass is 16.6. The summed E-state index contributed by atoms with van der Waals surface area (Å²) in [6, 6.07) is 8.84. The Morgan fingerprint density at radius 1 is 1.38 bits per heavy atom. The van der Waals surface area contributed by atoms with E-state index in [9.17, 15) is 4.79 Å². The van der Waals surface area contributed by atoms with Crippen molar-refractivity contribution >= 4 is 5.91 Å². The van der Waals surface area contributed by atoms with Gasteiger partial charge in [0.2, 0.25) is 0 Å². The van der Waals surface area contributed by atoms with E-state index >= 15 is 0 Å². The van der Waals surface area contributed by atoms with Gasteiger partial charge < -0.3 is 5.73 Å². The molecule has 0 saturated heterocycles. The summed E-state index contributed by atoms with van der Waals surface area (Å²) in [6.07, 6.45) is 0. The van der Waals surface area contributed by atoms with Crippen molar-refractivity contribution < 1.29 is 9.63 Å². The summed E-state index contributed by atoms with van der Waals surface area (Å²) >= 11 is 0. The first-order chi connectivity index (χ1) is 6.34. The Bertz CT molecular complexity index is 262. The molecule has 0 bridgehead atoms. The molecule has 3 N–H and O–H groups in total. The van der Waals surface area contributed by atoms with Crippen LogP contribution in [0.1, 0.15) is 10.4 Å². The lowest BCUT2D eigenvalue weighted by molar-refractivity contribution is 0.0343. The minimum Gasteiger partial charge on any atom is -0.328 e. The number of nitrogens with one attached hydrogen (secondary N) is 1. The lowest BCUT2D eigenvalue weighted by Gasteiger charge is -2.03. The lowest BCUT2D eigenvalue weighted by Crippen LogP contribution is -2.26. The molecular formula is C9H12N2O2. The van der Waals surface area contributed by atoms with E-state index in [0.29, 0.717) is 18.7 Å². The number of amides is 1. The molecule has 0 spiro atoms. The Kier molecular flexibility index (Phi) is 3.95. The molecule has 0 atom stereocenters. The Balaban J connectivity index is 2.40. The van der Waals surface area contributed by atoms with Crippen molar-refractivity contribution in [2.75, 3.05) is 13.2 Å². The fraction of sp³-hybridized carbons (Fsp3) is 0.222. The number of rotatable bonds is 4. The van der Waals surface area contributed by atoms with Gasteiger partial charge in [-0.2, -0.15) is 0 Å². The van der Waals surface area contributed by atoms with E-state index in [1.165, 1.54) is 0 Å². The second kappa shape index (κ2) is 5.29. The van der Waals surface area contributed by atoms with Crippen molar-refractivity contribution in [2.45, 2.75) is 0 Å². The van der Waals surface area contributed by atoms with Crippen molar-refractivity contribution in [2.24, 2.45) is 5.73 Å². The normalized spacial score (nSPS) is 9.62. The van der Waals surface area contributed by atoms with E-state index in [1.807, 2.05) is 6.07 Å². The zero-order chi connectivity index (χ0) is 9.52. The maximum absolute atomic E-state index is 11.2. The molecule has 1 amide bonds. The first-order valence-electron chi connectivity index (χ1n) is 4.02. The first-order valence-corrected chi connectivity index (χ1v) is 4.02. The van der Waals surface area contributed by atoms with Crippen LogP contribution in [0.5, 0.6) is 0 Å². The van der Waals surface area contributed by atoms with E-state index in [-0.39, 0.29) is 5.91 Å². The van der Waals surface area contributed by atoms with Crippen molar-refractivity contribution in [1.29, 1.82) is 0 Å². The smallest absolute Gasteiger partial charge is 0.274 e. The van der Waals surface area contributed by atoms with Gasteiger partial charge in [0.25, 0.3) is 5.91 Å². The van der Waals surface area contributed by atoms with Gasteiger partial charge in [-0.1, -0.05) is 18.2 Å². The molecule has 70 valence electrons. The van der Waals surface area contributed by atoms with Crippen LogP contribution in [0.4, 0.5) is 0 Å². The van der Waals surface area contributed by atoms with Crippen LogP contribution in [0, 0.1) is 0 Å². The number of nitrogens with two attached hydrogens (primary N) is 1. The van der Waals surface area contributed by atoms with E-state index in [1.54, 1.807) is 24.3 Å².